The third-order valence-electron chi connectivity index (χ3n) is 2.11. The van der Waals surface area contributed by atoms with Crippen molar-refractivity contribution in [2.75, 3.05) is 5.88 Å². The van der Waals surface area contributed by atoms with E-state index in [2.05, 4.69) is 5.18 Å². The summed E-state index contributed by atoms with van der Waals surface area (Å²) in [5.41, 5.74) is 0. The zero-order chi connectivity index (χ0) is 9.19. The summed E-state index contributed by atoms with van der Waals surface area (Å²) in [6.45, 7) is 0. The molecular formula is C6H10ClNO3S. The molecule has 1 aliphatic rings. The second-order valence-corrected chi connectivity index (χ2v) is 4.72. The molecule has 12 heavy (non-hydrogen) atoms. The van der Waals surface area contributed by atoms with E-state index in [0.29, 0.717) is 19.3 Å². The minimum absolute atomic E-state index is 0.127. The van der Waals surface area contributed by atoms with E-state index in [1.54, 1.807) is 0 Å². The van der Waals surface area contributed by atoms with Gasteiger partial charge in [-0.05, 0) is 19.3 Å². The van der Waals surface area contributed by atoms with Gasteiger partial charge in [0.25, 0.3) is 0 Å². The van der Waals surface area contributed by atoms with Crippen LogP contribution in [0.5, 0.6) is 0 Å². The van der Waals surface area contributed by atoms with Crippen LogP contribution in [-0.4, -0.2) is 25.4 Å². The van der Waals surface area contributed by atoms with Crippen LogP contribution in [0, 0.1) is 4.91 Å². The molecule has 0 bridgehead atoms. The molecule has 6 heteroatoms. The van der Waals surface area contributed by atoms with Gasteiger partial charge in [-0.25, -0.2) is 4.21 Å². The van der Waals surface area contributed by atoms with E-state index in [0.717, 1.165) is 0 Å². The summed E-state index contributed by atoms with van der Waals surface area (Å²) < 4.78 is 19.1. The van der Waals surface area contributed by atoms with Crippen LogP contribution in [0.2, 0.25) is 0 Å². The fraction of sp³-hybridized carbons (Fsp3) is 1.00. The number of hydrogen-bond donors (Lipinski definition) is 1. The van der Waals surface area contributed by atoms with Gasteiger partial charge in [0, 0.05) is 5.88 Å². The van der Waals surface area contributed by atoms with Crippen LogP contribution < -0.4 is 0 Å². The van der Waals surface area contributed by atoms with Crippen molar-refractivity contribution in [1.29, 1.82) is 0 Å². The minimum Gasteiger partial charge on any atom is -0.306 e. The molecule has 4 nitrogen and oxygen atoms in total. The molecule has 1 saturated carbocycles. The largest absolute Gasteiger partial charge is 0.306 e. The van der Waals surface area contributed by atoms with Crippen LogP contribution in [0.15, 0.2) is 5.18 Å². The van der Waals surface area contributed by atoms with Crippen molar-refractivity contribution in [2.45, 2.75) is 30.1 Å². The average molecular weight is 212 g/mol. The first kappa shape index (κ1) is 10.1. The highest BCUT2D eigenvalue weighted by Gasteiger charge is 2.50. The second kappa shape index (κ2) is 3.81. The van der Waals surface area contributed by atoms with E-state index < -0.39 is 21.9 Å². The van der Waals surface area contributed by atoms with Gasteiger partial charge in [0.05, 0.1) is 4.75 Å². The third-order valence-corrected chi connectivity index (χ3v) is 3.78. The van der Waals surface area contributed by atoms with Gasteiger partial charge >= 0.3 is 0 Å². The van der Waals surface area contributed by atoms with Crippen molar-refractivity contribution in [3.63, 3.8) is 0 Å². The molecule has 0 saturated heterocycles. The number of rotatable bonds is 5. The van der Waals surface area contributed by atoms with Crippen LogP contribution in [0.25, 0.3) is 0 Å². The molecule has 0 aromatic rings. The topological polar surface area (TPSA) is 66.7 Å². The molecule has 1 fully saturated rings. The predicted octanol–water partition coefficient (Wildman–Crippen LogP) is 1.50. The maximum atomic E-state index is 10.8. The minimum atomic E-state index is -1.85. The van der Waals surface area contributed by atoms with Gasteiger partial charge in [0.2, 0.25) is 0 Å². The van der Waals surface area contributed by atoms with Crippen molar-refractivity contribution in [2.24, 2.45) is 5.18 Å². The van der Waals surface area contributed by atoms with Crippen molar-refractivity contribution in [3.8, 4) is 0 Å². The number of halogens is 1. The summed E-state index contributed by atoms with van der Waals surface area (Å²) in [6.07, 6.45) is 1.72. The predicted molar refractivity (Wildman–Crippen MR) is 47.7 cm³/mol. The lowest BCUT2D eigenvalue weighted by Gasteiger charge is -2.11. The molecule has 1 N–H and O–H groups in total. The highest BCUT2D eigenvalue weighted by Crippen LogP contribution is 2.45. The monoisotopic (exact) mass is 211 g/mol. The fourth-order valence-corrected chi connectivity index (χ4v) is 2.09. The summed E-state index contributed by atoms with van der Waals surface area (Å²) >= 11 is 3.59. The Hall–Kier alpha value is -0.0000000000000000763. The SMILES string of the molecule is O=N[C@H](CCl)CC1(S(=O)O)CC1. The Labute approximate surface area is 77.9 Å². The first-order valence-corrected chi connectivity index (χ1v) is 5.28. The molecule has 0 spiro atoms. The summed E-state index contributed by atoms with van der Waals surface area (Å²) in [6, 6.07) is -0.523. The van der Waals surface area contributed by atoms with Gasteiger partial charge in [-0.2, -0.15) is 4.91 Å². The van der Waals surface area contributed by atoms with Gasteiger partial charge in [-0.3, -0.25) is 0 Å². The number of nitroso groups, excluding NO2 is 1. The molecule has 0 radical (unpaired) electrons. The Kier molecular flexibility index (Phi) is 3.20. The number of hydrogen-bond acceptors (Lipinski definition) is 3. The summed E-state index contributed by atoms with van der Waals surface area (Å²) in [5, 5.41) is 2.79. The van der Waals surface area contributed by atoms with Crippen LogP contribution in [0.1, 0.15) is 19.3 Å². The van der Waals surface area contributed by atoms with E-state index in [1.807, 2.05) is 0 Å². The van der Waals surface area contributed by atoms with Crippen molar-refractivity contribution >= 4 is 22.7 Å². The number of alkyl halides is 1. The quantitative estimate of drug-likeness (QED) is 0.426. The van der Waals surface area contributed by atoms with Crippen LogP contribution >= 0.6 is 11.6 Å². The highest BCUT2D eigenvalue weighted by atomic mass is 35.5. The average Bonchev–Trinajstić information content (AvgIpc) is 2.81. The first-order valence-electron chi connectivity index (χ1n) is 3.64. The molecule has 0 amide bonds. The maximum absolute atomic E-state index is 10.8. The standard InChI is InChI=1S/C6H10ClNO3S/c7-4-5(8-9)3-6(1-2-6)12(10)11/h5H,1-4H2,(H,10,11)/t5-/m0/s1. The smallest absolute Gasteiger partial charge is 0.159 e. The van der Waals surface area contributed by atoms with Gasteiger partial charge in [-0.15, -0.1) is 11.6 Å². The lowest BCUT2D eigenvalue weighted by atomic mass is 10.2. The summed E-state index contributed by atoms with van der Waals surface area (Å²) in [5.74, 6) is 0.127. The molecule has 0 aromatic carbocycles. The van der Waals surface area contributed by atoms with Crippen molar-refractivity contribution < 1.29 is 8.76 Å². The van der Waals surface area contributed by atoms with E-state index >= 15 is 0 Å². The highest BCUT2D eigenvalue weighted by molar-refractivity contribution is 7.81. The summed E-state index contributed by atoms with van der Waals surface area (Å²) in [4.78, 5) is 10.1. The van der Waals surface area contributed by atoms with E-state index in [1.165, 1.54) is 0 Å². The Bertz CT molecular complexity index is 207. The molecule has 1 aliphatic carbocycles. The summed E-state index contributed by atoms with van der Waals surface area (Å²) in [7, 11) is 0. The van der Waals surface area contributed by atoms with Crippen LogP contribution in [0.3, 0.4) is 0 Å². The van der Waals surface area contributed by atoms with Gasteiger partial charge in [0.15, 0.2) is 11.1 Å². The zero-order valence-corrected chi connectivity index (χ0v) is 7.98. The number of nitrogens with zero attached hydrogens (tertiary/aromatic N) is 1. The first-order chi connectivity index (χ1) is 5.64. The molecule has 0 heterocycles. The Balaban J connectivity index is 2.49. The Morgan fingerprint density at radius 1 is 1.67 bits per heavy atom. The lowest BCUT2D eigenvalue weighted by Crippen LogP contribution is -2.23. The van der Waals surface area contributed by atoms with Gasteiger partial charge in [0.1, 0.15) is 6.04 Å². The van der Waals surface area contributed by atoms with Crippen LogP contribution in [-0.2, 0) is 11.1 Å². The molecular weight excluding hydrogens is 202 g/mol. The maximum Gasteiger partial charge on any atom is 0.159 e. The van der Waals surface area contributed by atoms with E-state index in [9.17, 15) is 9.12 Å². The third kappa shape index (κ3) is 2.02. The Morgan fingerprint density at radius 3 is 2.50 bits per heavy atom. The normalized spacial score (nSPS) is 24.5. The molecule has 1 rings (SSSR count). The molecule has 0 aliphatic heterocycles. The van der Waals surface area contributed by atoms with Crippen molar-refractivity contribution in [3.05, 3.63) is 4.91 Å². The van der Waals surface area contributed by atoms with Crippen LogP contribution in [0.4, 0.5) is 0 Å². The zero-order valence-electron chi connectivity index (χ0n) is 6.40. The van der Waals surface area contributed by atoms with Crippen molar-refractivity contribution in [1.82, 2.24) is 0 Å². The lowest BCUT2D eigenvalue weighted by molar-refractivity contribution is 0.523. The van der Waals surface area contributed by atoms with E-state index in [-0.39, 0.29) is 5.88 Å². The van der Waals surface area contributed by atoms with Gasteiger partial charge in [-0.1, -0.05) is 5.18 Å². The fourth-order valence-electron chi connectivity index (χ4n) is 1.14. The second-order valence-electron chi connectivity index (χ2n) is 3.05. The molecule has 2 atom stereocenters. The molecule has 0 aromatic heterocycles. The van der Waals surface area contributed by atoms with E-state index in [4.69, 9.17) is 16.2 Å². The molecule has 70 valence electrons. The molecule has 1 unspecified atom stereocenters. The van der Waals surface area contributed by atoms with Gasteiger partial charge < -0.3 is 4.55 Å². The Morgan fingerprint density at radius 2 is 2.25 bits per heavy atom.